The van der Waals surface area contributed by atoms with E-state index in [4.69, 9.17) is 9.47 Å². The van der Waals surface area contributed by atoms with Crippen molar-refractivity contribution in [3.8, 4) is 17.2 Å². The molecule has 0 radical (unpaired) electrons. The van der Waals surface area contributed by atoms with Gasteiger partial charge in [-0.05, 0) is 30.3 Å². The molecule has 0 bridgehead atoms. The summed E-state index contributed by atoms with van der Waals surface area (Å²) in [5.74, 6) is 0.831. The molecule has 1 amide bonds. The first kappa shape index (κ1) is 17.5. The number of alkyl halides is 2. The molecule has 1 N–H and O–H groups in total. The van der Waals surface area contributed by atoms with Gasteiger partial charge in [-0.3, -0.25) is 4.79 Å². The molecule has 2 aromatic carbocycles. The summed E-state index contributed by atoms with van der Waals surface area (Å²) >= 11 is 0. The van der Waals surface area contributed by atoms with Gasteiger partial charge in [0.15, 0.2) is 0 Å². The summed E-state index contributed by atoms with van der Waals surface area (Å²) in [5, 5.41) is 2.64. The van der Waals surface area contributed by atoms with Gasteiger partial charge in [0, 0.05) is 11.6 Å². The van der Waals surface area contributed by atoms with E-state index in [2.05, 4.69) is 10.1 Å². The molecule has 0 spiro atoms. The second-order valence-corrected chi connectivity index (χ2v) is 4.69. The zero-order chi connectivity index (χ0) is 17.4. The monoisotopic (exact) mass is 337 g/mol. The minimum Gasteiger partial charge on any atom is -0.497 e. The maximum absolute atomic E-state index is 12.2. The molecule has 0 aliphatic carbocycles. The van der Waals surface area contributed by atoms with Crippen molar-refractivity contribution < 1.29 is 27.8 Å². The second-order valence-electron chi connectivity index (χ2n) is 4.69. The number of rotatable bonds is 8. The number of benzene rings is 2. The van der Waals surface area contributed by atoms with Gasteiger partial charge in [0.05, 0.1) is 13.7 Å². The van der Waals surface area contributed by atoms with Gasteiger partial charge in [-0.2, -0.15) is 8.78 Å². The van der Waals surface area contributed by atoms with E-state index in [-0.39, 0.29) is 24.5 Å². The third kappa shape index (κ3) is 5.42. The molecule has 2 aromatic rings. The molecule has 0 unspecified atom stereocenters. The Hall–Kier alpha value is -2.83. The molecule has 0 fully saturated rings. The highest BCUT2D eigenvalue weighted by Crippen LogP contribution is 2.18. The molecule has 0 saturated carbocycles. The standard InChI is InChI=1S/C17H17F2NO4/c1-22-13-5-3-6-14(11-13)23-9-8-20-16(21)12-4-2-7-15(10-12)24-17(18)19/h2-7,10-11,17H,8-9H2,1H3,(H,20,21). The number of carbonyl (C=O) groups is 1. The molecule has 0 aliphatic rings. The summed E-state index contributed by atoms with van der Waals surface area (Å²) in [7, 11) is 1.56. The van der Waals surface area contributed by atoms with E-state index >= 15 is 0 Å². The van der Waals surface area contributed by atoms with Crippen molar-refractivity contribution in [2.45, 2.75) is 6.61 Å². The lowest BCUT2D eigenvalue weighted by Gasteiger charge is -2.10. The Labute approximate surface area is 138 Å². The summed E-state index contributed by atoms with van der Waals surface area (Å²) < 4.78 is 39.2. The molecular formula is C17H17F2NO4. The maximum atomic E-state index is 12.2. The fourth-order valence-corrected chi connectivity index (χ4v) is 1.94. The van der Waals surface area contributed by atoms with E-state index in [0.717, 1.165) is 0 Å². The van der Waals surface area contributed by atoms with Crippen molar-refractivity contribution in [2.75, 3.05) is 20.3 Å². The fraction of sp³-hybridized carbons (Fsp3) is 0.235. The van der Waals surface area contributed by atoms with Crippen LogP contribution in [0.5, 0.6) is 17.2 Å². The zero-order valence-electron chi connectivity index (χ0n) is 13.0. The van der Waals surface area contributed by atoms with Gasteiger partial charge in [0.25, 0.3) is 5.91 Å². The summed E-state index contributed by atoms with van der Waals surface area (Å²) in [4.78, 5) is 12.0. The Kier molecular flexibility index (Phi) is 6.36. The van der Waals surface area contributed by atoms with Gasteiger partial charge in [-0.25, -0.2) is 0 Å². The number of methoxy groups -OCH3 is 1. The highest BCUT2D eigenvalue weighted by Gasteiger charge is 2.09. The minimum atomic E-state index is -2.93. The fourth-order valence-electron chi connectivity index (χ4n) is 1.94. The lowest BCUT2D eigenvalue weighted by atomic mass is 10.2. The van der Waals surface area contributed by atoms with Crippen LogP contribution in [0.3, 0.4) is 0 Å². The number of nitrogens with one attached hydrogen (secondary N) is 1. The Morgan fingerprint density at radius 2 is 1.79 bits per heavy atom. The highest BCUT2D eigenvalue weighted by atomic mass is 19.3. The molecular weight excluding hydrogens is 320 g/mol. The number of carbonyl (C=O) groups excluding carboxylic acids is 1. The number of halogens is 2. The van der Waals surface area contributed by atoms with E-state index in [1.807, 2.05) is 0 Å². The van der Waals surface area contributed by atoms with Crippen LogP contribution in [0.1, 0.15) is 10.4 Å². The second kappa shape index (κ2) is 8.71. The average molecular weight is 337 g/mol. The summed E-state index contributed by atoms with van der Waals surface area (Å²) in [6, 6.07) is 12.7. The topological polar surface area (TPSA) is 56.8 Å². The molecule has 24 heavy (non-hydrogen) atoms. The third-order valence-corrected chi connectivity index (χ3v) is 3.02. The van der Waals surface area contributed by atoms with E-state index in [9.17, 15) is 13.6 Å². The van der Waals surface area contributed by atoms with E-state index < -0.39 is 12.5 Å². The average Bonchev–Trinajstić information content (AvgIpc) is 2.58. The van der Waals surface area contributed by atoms with Gasteiger partial charge in [-0.1, -0.05) is 12.1 Å². The minimum absolute atomic E-state index is 0.0646. The van der Waals surface area contributed by atoms with Crippen molar-refractivity contribution in [1.29, 1.82) is 0 Å². The molecule has 0 heterocycles. The van der Waals surface area contributed by atoms with E-state index in [1.165, 1.54) is 24.3 Å². The van der Waals surface area contributed by atoms with Crippen LogP contribution in [-0.2, 0) is 0 Å². The number of ether oxygens (including phenoxy) is 3. The first-order valence-electron chi connectivity index (χ1n) is 7.18. The Bertz CT molecular complexity index is 679. The summed E-state index contributed by atoms with van der Waals surface area (Å²) in [6.07, 6.45) is 0. The largest absolute Gasteiger partial charge is 0.497 e. The molecule has 0 aliphatic heterocycles. The predicted molar refractivity (Wildman–Crippen MR) is 83.9 cm³/mol. The van der Waals surface area contributed by atoms with Gasteiger partial charge in [0.1, 0.15) is 23.9 Å². The number of amides is 1. The van der Waals surface area contributed by atoms with Crippen LogP contribution in [0, 0.1) is 0 Å². The van der Waals surface area contributed by atoms with Gasteiger partial charge in [-0.15, -0.1) is 0 Å². The highest BCUT2D eigenvalue weighted by molar-refractivity contribution is 5.94. The first-order valence-corrected chi connectivity index (χ1v) is 7.18. The van der Waals surface area contributed by atoms with Crippen molar-refractivity contribution in [1.82, 2.24) is 5.32 Å². The molecule has 5 nitrogen and oxygen atoms in total. The predicted octanol–water partition coefficient (Wildman–Crippen LogP) is 3.11. The van der Waals surface area contributed by atoms with Crippen LogP contribution in [0.25, 0.3) is 0 Å². The number of hydrogen-bond acceptors (Lipinski definition) is 4. The Morgan fingerprint density at radius 1 is 1.08 bits per heavy atom. The van der Waals surface area contributed by atoms with Crippen LogP contribution in [0.2, 0.25) is 0 Å². The first-order chi connectivity index (χ1) is 11.6. The molecule has 0 saturated heterocycles. The maximum Gasteiger partial charge on any atom is 0.387 e. The van der Waals surface area contributed by atoms with E-state index in [1.54, 1.807) is 31.4 Å². The van der Waals surface area contributed by atoms with Crippen LogP contribution in [0.15, 0.2) is 48.5 Å². The van der Waals surface area contributed by atoms with Crippen molar-refractivity contribution in [3.63, 3.8) is 0 Å². The third-order valence-electron chi connectivity index (χ3n) is 3.02. The SMILES string of the molecule is COc1cccc(OCCNC(=O)c2cccc(OC(F)F)c2)c1. The summed E-state index contributed by atoms with van der Waals surface area (Å²) in [5.41, 5.74) is 0.231. The normalized spacial score (nSPS) is 10.3. The van der Waals surface area contributed by atoms with Crippen molar-refractivity contribution >= 4 is 5.91 Å². The summed E-state index contributed by atoms with van der Waals surface area (Å²) in [6.45, 7) is -2.41. The van der Waals surface area contributed by atoms with Gasteiger partial charge in [0.2, 0.25) is 0 Å². The Morgan fingerprint density at radius 3 is 2.54 bits per heavy atom. The van der Waals surface area contributed by atoms with Gasteiger partial charge >= 0.3 is 6.61 Å². The molecule has 7 heteroatoms. The smallest absolute Gasteiger partial charge is 0.387 e. The quantitative estimate of drug-likeness (QED) is 0.752. The van der Waals surface area contributed by atoms with Crippen LogP contribution >= 0.6 is 0 Å². The van der Waals surface area contributed by atoms with Crippen molar-refractivity contribution in [2.24, 2.45) is 0 Å². The van der Waals surface area contributed by atoms with Crippen molar-refractivity contribution in [3.05, 3.63) is 54.1 Å². The molecule has 2 rings (SSSR count). The van der Waals surface area contributed by atoms with Crippen LogP contribution < -0.4 is 19.5 Å². The lowest BCUT2D eigenvalue weighted by molar-refractivity contribution is -0.0498. The molecule has 0 atom stereocenters. The van der Waals surface area contributed by atoms with Gasteiger partial charge < -0.3 is 19.5 Å². The Balaban J connectivity index is 1.80. The van der Waals surface area contributed by atoms with Crippen LogP contribution in [0.4, 0.5) is 8.78 Å². The van der Waals surface area contributed by atoms with E-state index in [0.29, 0.717) is 11.5 Å². The molecule has 128 valence electrons. The number of hydrogen-bond donors (Lipinski definition) is 1. The molecule has 0 aromatic heterocycles. The lowest BCUT2D eigenvalue weighted by Crippen LogP contribution is -2.28. The van der Waals surface area contributed by atoms with Crippen LogP contribution in [-0.4, -0.2) is 32.8 Å². The zero-order valence-corrected chi connectivity index (χ0v) is 13.0.